The van der Waals surface area contributed by atoms with E-state index in [0.29, 0.717) is 17.9 Å². The van der Waals surface area contributed by atoms with Gasteiger partial charge in [0, 0.05) is 55.5 Å². The Balaban J connectivity index is 1.47. The maximum atomic E-state index is 13.1. The van der Waals surface area contributed by atoms with Crippen LogP contribution in [0.25, 0.3) is 0 Å². The van der Waals surface area contributed by atoms with Crippen LogP contribution >= 0.6 is 11.8 Å². The number of fused-ring (bicyclic) bond motifs is 1. The summed E-state index contributed by atoms with van der Waals surface area (Å²) in [6, 6.07) is -0.587. The number of likely N-dealkylation sites (N-methyl/N-ethyl adjacent to an activating group) is 1. The van der Waals surface area contributed by atoms with Crippen LogP contribution in [0.4, 0.5) is 0 Å². The molecule has 0 unspecified atom stereocenters. The Hall–Kier alpha value is -2.79. The zero-order chi connectivity index (χ0) is 24.7. The predicted octanol–water partition coefficient (Wildman–Crippen LogP) is 1.01. The summed E-state index contributed by atoms with van der Waals surface area (Å²) >= 11 is 1.45. The third kappa shape index (κ3) is 4.22. The van der Waals surface area contributed by atoms with Crippen molar-refractivity contribution in [1.82, 2.24) is 25.1 Å². The van der Waals surface area contributed by atoms with E-state index in [1.807, 2.05) is 13.8 Å². The molecule has 182 valence electrons. The average molecular weight is 488 g/mol. The van der Waals surface area contributed by atoms with Crippen LogP contribution in [0.3, 0.4) is 0 Å². The van der Waals surface area contributed by atoms with Gasteiger partial charge in [0.05, 0.1) is 24.2 Å². The van der Waals surface area contributed by atoms with Crippen LogP contribution in [0.1, 0.15) is 37.2 Å². The summed E-state index contributed by atoms with van der Waals surface area (Å²) in [6.07, 6.45) is 5.08. The lowest BCUT2D eigenvalue weighted by atomic mass is 9.73. The Labute approximate surface area is 202 Å². The molecule has 4 heterocycles. The van der Waals surface area contributed by atoms with E-state index in [1.165, 1.54) is 35.3 Å². The number of nitrogens with one attached hydrogen (secondary N) is 1. The molecule has 0 saturated carbocycles. The zero-order valence-electron chi connectivity index (χ0n) is 19.6. The number of ketones is 1. The minimum Gasteiger partial charge on any atom is -0.477 e. The van der Waals surface area contributed by atoms with Gasteiger partial charge in [0.1, 0.15) is 11.4 Å². The first-order valence-corrected chi connectivity index (χ1v) is 12.2. The number of aliphatic carboxylic acids is 1. The van der Waals surface area contributed by atoms with E-state index in [0.717, 1.165) is 0 Å². The van der Waals surface area contributed by atoms with Gasteiger partial charge in [-0.2, -0.15) is 0 Å². The fourth-order valence-corrected chi connectivity index (χ4v) is 6.69. The molecule has 11 heteroatoms. The number of carboxylic acid groups (broad SMARTS) is 1. The smallest absolute Gasteiger partial charge is 0.353 e. The molecule has 2 amide bonds. The van der Waals surface area contributed by atoms with Gasteiger partial charge in [0.2, 0.25) is 11.8 Å². The number of thioether (sulfide) groups is 1. The number of hydrogen-bond acceptors (Lipinski definition) is 8. The van der Waals surface area contributed by atoms with Gasteiger partial charge in [0.25, 0.3) is 0 Å². The number of carbonyl (C=O) groups is 4. The highest BCUT2D eigenvalue weighted by Crippen LogP contribution is 2.53. The van der Waals surface area contributed by atoms with Crippen LogP contribution in [0.15, 0.2) is 29.2 Å². The topological polar surface area (TPSA) is 133 Å². The second kappa shape index (κ2) is 9.46. The lowest BCUT2D eigenvalue weighted by Crippen LogP contribution is -2.62. The molecule has 1 aromatic heterocycles. The summed E-state index contributed by atoms with van der Waals surface area (Å²) in [5.41, 5.74) is 0.298. The monoisotopic (exact) mass is 487 g/mol. The largest absolute Gasteiger partial charge is 0.477 e. The van der Waals surface area contributed by atoms with Crippen molar-refractivity contribution in [2.75, 3.05) is 20.6 Å². The molecule has 2 saturated heterocycles. The quantitative estimate of drug-likeness (QED) is 0.407. The minimum atomic E-state index is -1.13. The highest BCUT2D eigenvalue weighted by atomic mass is 32.2. The molecule has 0 aromatic carbocycles. The van der Waals surface area contributed by atoms with E-state index in [-0.39, 0.29) is 64.6 Å². The number of amides is 2. The molecule has 3 aliphatic heterocycles. The van der Waals surface area contributed by atoms with Crippen molar-refractivity contribution >= 4 is 35.3 Å². The van der Waals surface area contributed by atoms with E-state index in [9.17, 15) is 24.3 Å². The van der Waals surface area contributed by atoms with Crippen molar-refractivity contribution < 1.29 is 24.3 Å². The molecule has 0 spiro atoms. The van der Waals surface area contributed by atoms with E-state index < -0.39 is 11.9 Å². The molecule has 6 atom stereocenters. The zero-order valence-corrected chi connectivity index (χ0v) is 20.4. The maximum absolute atomic E-state index is 13.1. The van der Waals surface area contributed by atoms with E-state index in [1.54, 1.807) is 19.0 Å². The van der Waals surface area contributed by atoms with Gasteiger partial charge in [0.15, 0.2) is 5.78 Å². The highest BCUT2D eigenvalue weighted by Gasteiger charge is 2.60. The summed E-state index contributed by atoms with van der Waals surface area (Å²) in [5, 5.41) is 13.2. The average Bonchev–Trinajstić information content (AvgIpc) is 3.35. The number of rotatable bonds is 8. The number of hydrogen-bond donors (Lipinski definition) is 2. The number of β-lactam (4-membered cyclic amide) rings is 1. The molecule has 34 heavy (non-hydrogen) atoms. The van der Waals surface area contributed by atoms with Gasteiger partial charge in [-0.25, -0.2) is 9.78 Å². The SMILES string of the molecule is C[C@@H](CC(=O)c1cnccn1)[C@H]1C(=O)N2C(C(=O)O)=C(S[C@@H]3CN[C@H](C(=O)N(C)C)C3)[C@H](C)[C@H]12. The van der Waals surface area contributed by atoms with Crippen LogP contribution in [-0.2, 0) is 14.4 Å². The number of Topliss-reactive ketones (excluding diaryl/α,β-unsaturated/α-hetero) is 1. The van der Waals surface area contributed by atoms with Gasteiger partial charge in [-0.05, 0) is 12.3 Å². The van der Waals surface area contributed by atoms with Crippen molar-refractivity contribution in [3.63, 3.8) is 0 Å². The lowest BCUT2D eigenvalue weighted by molar-refractivity contribution is -0.159. The first-order valence-electron chi connectivity index (χ1n) is 11.3. The van der Waals surface area contributed by atoms with Crippen LogP contribution in [-0.4, -0.2) is 86.4 Å². The highest BCUT2D eigenvalue weighted by molar-refractivity contribution is 8.03. The third-order valence-corrected chi connectivity index (χ3v) is 8.40. The van der Waals surface area contributed by atoms with Gasteiger partial charge in [-0.3, -0.25) is 19.4 Å². The third-order valence-electron chi connectivity index (χ3n) is 6.88. The second-order valence-electron chi connectivity index (χ2n) is 9.40. The van der Waals surface area contributed by atoms with Gasteiger partial charge in [-0.15, -0.1) is 11.8 Å². The van der Waals surface area contributed by atoms with Gasteiger partial charge >= 0.3 is 5.97 Å². The van der Waals surface area contributed by atoms with Crippen LogP contribution < -0.4 is 5.32 Å². The first kappa shape index (κ1) is 24.3. The molecular weight excluding hydrogens is 458 g/mol. The number of nitrogens with zero attached hydrogens (tertiary/aromatic N) is 4. The molecule has 0 aliphatic carbocycles. The fourth-order valence-electron chi connectivity index (χ4n) is 5.21. The summed E-state index contributed by atoms with van der Waals surface area (Å²) in [5.74, 6) is -2.44. The van der Waals surface area contributed by atoms with Crippen LogP contribution in [0.2, 0.25) is 0 Å². The summed E-state index contributed by atoms with van der Waals surface area (Å²) in [7, 11) is 3.42. The normalized spacial score (nSPS) is 29.0. The summed E-state index contributed by atoms with van der Waals surface area (Å²) in [4.78, 5) is 61.7. The minimum absolute atomic E-state index is 0.00401. The van der Waals surface area contributed by atoms with E-state index in [2.05, 4.69) is 15.3 Å². The van der Waals surface area contributed by atoms with E-state index in [4.69, 9.17) is 0 Å². The Morgan fingerprint density at radius 3 is 2.68 bits per heavy atom. The molecule has 0 bridgehead atoms. The molecular formula is C23H29N5O5S. The van der Waals surface area contributed by atoms with E-state index >= 15 is 0 Å². The van der Waals surface area contributed by atoms with Crippen molar-refractivity contribution in [2.45, 2.75) is 44.0 Å². The van der Waals surface area contributed by atoms with Crippen molar-refractivity contribution in [1.29, 1.82) is 0 Å². The summed E-state index contributed by atoms with van der Waals surface area (Å²) < 4.78 is 0. The first-order chi connectivity index (χ1) is 16.1. The van der Waals surface area contributed by atoms with Crippen LogP contribution in [0.5, 0.6) is 0 Å². The standard InChI is InChI=1S/C23H29N5O5S/c1-11(7-16(29)15-10-24-5-6-25-15)17-18-12(2)20(19(23(32)33)28(18)22(17)31)34-13-8-14(26-9-13)21(30)27(3)4/h5-6,10-14,17-18,26H,7-9H2,1-4H3,(H,32,33)/t11-,12+,13-,14-,17+,18+/m0/s1. The molecule has 10 nitrogen and oxygen atoms in total. The Bertz CT molecular complexity index is 1050. The second-order valence-corrected chi connectivity index (χ2v) is 10.7. The molecule has 4 rings (SSSR count). The summed E-state index contributed by atoms with van der Waals surface area (Å²) in [6.45, 7) is 4.38. The molecule has 2 fully saturated rings. The molecule has 0 radical (unpaired) electrons. The maximum Gasteiger partial charge on any atom is 0.353 e. The number of carboxylic acids is 1. The van der Waals surface area contributed by atoms with Crippen molar-refractivity contribution in [3.8, 4) is 0 Å². The van der Waals surface area contributed by atoms with Crippen molar-refractivity contribution in [3.05, 3.63) is 34.9 Å². The molecule has 1 aromatic rings. The molecule has 3 aliphatic rings. The number of aromatic nitrogens is 2. The Morgan fingerprint density at radius 2 is 2.06 bits per heavy atom. The van der Waals surface area contributed by atoms with Crippen molar-refractivity contribution in [2.24, 2.45) is 17.8 Å². The number of carbonyl (C=O) groups excluding carboxylic acids is 3. The van der Waals surface area contributed by atoms with Crippen LogP contribution in [0, 0.1) is 17.8 Å². The Morgan fingerprint density at radius 1 is 1.32 bits per heavy atom. The lowest BCUT2D eigenvalue weighted by Gasteiger charge is -2.47. The fraction of sp³-hybridized carbons (Fsp3) is 0.565. The van der Waals surface area contributed by atoms with Gasteiger partial charge in [-0.1, -0.05) is 13.8 Å². The molecule has 2 N–H and O–H groups in total. The predicted molar refractivity (Wildman–Crippen MR) is 125 cm³/mol. The van der Waals surface area contributed by atoms with Gasteiger partial charge < -0.3 is 20.2 Å². The Kier molecular flexibility index (Phi) is 6.77.